The first-order chi connectivity index (χ1) is 6.68. The van der Waals surface area contributed by atoms with Crippen molar-refractivity contribution in [3.63, 3.8) is 0 Å². The number of hydrogen-bond acceptors (Lipinski definition) is 3. The molecule has 1 N–H and O–H groups in total. The molecular weight excluding hydrogens is 210 g/mol. The quantitative estimate of drug-likeness (QED) is 0.833. The van der Waals surface area contributed by atoms with E-state index < -0.39 is 0 Å². The average molecular weight is 227 g/mol. The predicted molar refractivity (Wildman–Crippen MR) is 66.1 cm³/mol. The zero-order chi connectivity index (χ0) is 10.0. The molecular formula is C11H17NS2. The molecule has 2 unspecified atom stereocenters. The van der Waals surface area contributed by atoms with Gasteiger partial charge in [-0.3, -0.25) is 0 Å². The summed E-state index contributed by atoms with van der Waals surface area (Å²) in [4.78, 5) is 0.258. The minimum Gasteiger partial charge on any atom is -0.302 e. The molecule has 2 heterocycles. The highest BCUT2D eigenvalue weighted by atomic mass is 32.2. The van der Waals surface area contributed by atoms with Crippen LogP contribution in [0.3, 0.4) is 0 Å². The molecule has 0 bridgehead atoms. The number of hydrogen-bond donors (Lipinski definition) is 1. The second-order valence-electron chi connectivity index (χ2n) is 4.34. The number of nitrogens with one attached hydrogen (secondary N) is 1. The second kappa shape index (κ2) is 4.25. The minimum absolute atomic E-state index is 0.258. The van der Waals surface area contributed by atoms with E-state index in [1.54, 1.807) is 11.3 Å². The highest BCUT2D eigenvalue weighted by Crippen LogP contribution is 2.32. The van der Waals surface area contributed by atoms with Gasteiger partial charge in [0.1, 0.15) is 0 Å². The first-order valence-electron chi connectivity index (χ1n) is 5.08. The van der Waals surface area contributed by atoms with E-state index in [9.17, 15) is 0 Å². The SMILES string of the molecule is CC1CNC(C)(Cc2ccsc2)SC1. The van der Waals surface area contributed by atoms with Crippen molar-refractivity contribution < 1.29 is 0 Å². The molecule has 1 aliphatic rings. The maximum absolute atomic E-state index is 3.65. The van der Waals surface area contributed by atoms with Crippen LogP contribution < -0.4 is 5.32 Å². The summed E-state index contributed by atoms with van der Waals surface area (Å²) in [7, 11) is 0. The molecule has 0 saturated carbocycles. The zero-order valence-corrected chi connectivity index (χ0v) is 10.4. The Bertz CT molecular complexity index is 273. The predicted octanol–water partition coefficient (Wildman–Crippen LogP) is 2.98. The van der Waals surface area contributed by atoms with Crippen molar-refractivity contribution in [1.82, 2.24) is 5.32 Å². The molecule has 1 aromatic rings. The van der Waals surface area contributed by atoms with Crippen molar-refractivity contribution >= 4 is 23.1 Å². The third-order valence-corrected chi connectivity index (χ3v) is 5.03. The molecule has 0 aromatic carbocycles. The summed E-state index contributed by atoms with van der Waals surface area (Å²) in [5.74, 6) is 2.10. The number of thiophene rings is 1. The fourth-order valence-corrected chi connectivity index (χ4v) is 3.62. The van der Waals surface area contributed by atoms with Crippen molar-refractivity contribution in [3.05, 3.63) is 22.4 Å². The Labute approximate surface area is 94.3 Å². The molecule has 1 aliphatic heterocycles. The summed E-state index contributed by atoms with van der Waals surface area (Å²) in [6.07, 6.45) is 1.15. The van der Waals surface area contributed by atoms with E-state index >= 15 is 0 Å². The highest BCUT2D eigenvalue weighted by Gasteiger charge is 2.29. The van der Waals surface area contributed by atoms with Crippen molar-refractivity contribution in [2.45, 2.75) is 25.1 Å². The van der Waals surface area contributed by atoms with Crippen LogP contribution in [0.15, 0.2) is 16.8 Å². The smallest absolute Gasteiger partial charge is 0.0657 e. The Kier molecular flexibility index (Phi) is 3.20. The first kappa shape index (κ1) is 10.5. The summed E-state index contributed by atoms with van der Waals surface area (Å²) in [6.45, 7) is 5.79. The Hall–Kier alpha value is 0.01000. The van der Waals surface area contributed by atoms with Crippen LogP contribution in [0.1, 0.15) is 19.4 Å². The van der Waals surface area contributed by atoms with Crippen LogP contribution in [0.25, 0.3) is 0 Å². The molecule has 3 heteroatoms. The van der Waals surface area contributed by atoms with E-state index in [0.29, 0.717) is 0 Å². The lowest BCUT2D eigenvalue weighted by Gasteiger charge is -2.37. The maximum atomic E-state index is 3.65. The van der Waals surface area contributed by atoms with E-state index in [4.69, 9.17) is 0 Å². The van der Waals surface area contributed by atoms with Gasteiger partial charge in [0.05, 0.1) is 4.87 Å². The molecule has 78 valence electrons. The lowest BCUT2D eigenvalue weighted by atomic mass is 10.1. The van der Waals surface area contributed by atoms with Crippen molar-refractivity contribution in [2.75, 3.05) is 12.3 Å². The maximum Gasteiger partial charge on any atom is 0.0657 e. The molecule has 14 heavy (non-hydrogen) atoms. The summed E-state index contributed by atoms with van der Waals surface area (Å²) in [5, 5.41) is 8.07. The third-order valence-electron chi connectivity index (χ3n) is 2.63. The molecule has 1 fully saturated rings. The largest absolute Gasteiger partial charge is 0.302 e. The molecule has 2 atom stereocenters. The van der Waals surface area contributed by atoms with Crippen LogP contribution in [-0.4, -0.2) is 17.2 Å². The van der Waals surface area contributed by atoms with Gasteiger partial charge in [-0.15, -0.1) is 11.8 Å². The third kappa shape index (κ3) is 2.53. The number of thioether (sulfide) groups is 1. The molecule has 0 aliphatic carbocycles. The van der Waals surface area contributed by atoms with Gasteiger partial charge < -0.3 is 5.32 Å². The van der Waals surface area contributed by atoms with Gasteiger partial charge in [-0.25, -0.2) is 0 Å². The van der Waals surface area contributed by atoms with Gasteiger partial charge in [0.2, 0.25) is 0 Å². The van der Waals surface area contributed by atoms with Crippen LogP contribution in [0, 0.1) is 5.92 Å². The molecule has 2 rings (SSSR count). The van der Waals surface area contributed by atoms with Crippen molar-refractivity contribution in [1.29, 1.82) is 0 Å². The van der Waals surface area contributed by atoms with Crippen LogP contribution >= 0.6 is 23.1 Å². The standard InChI is InChI=1S/C11H17NS2/c1-9-6-12-11(2,14-7-9)5-10-3-4-13-8-10/h3-4,8-9,12H,5-7H2,1-2H3. The average Bonchev–Trinajstić information content (AvgIpc) is 2.63. The van der Waals surface area contributed by atoms with Crippen LogP contribution in [0.5, 0.6) is 0 Å². The van der Waals surface area contributed by atoms with E-state index in [1.807, 2.05) is 0 Å². The molecule has 0 spiro atoms. The van der Waals surface area contributed by atoms with E-state index in [0.717, 1.165) is 18.9 Å². The van der Waals surface area contributed by atoms with Gasteiger partial charge in [-0.05, 0) is 47.5 Å². The fourth-order valence-electron chi connectivity index (χ4n) is 1.72. The number of rotatable bonds is 2. The summed E-state index contributed by atoms with van der Waals surface area (Å²) >= 11 is 3.86. The first-order valence-corrected chi connectivity index (χ1v) is 7.01. The van der Waals surface area contributed by atoms with Crippen LogP contribution in [-0.2, 0) is 6.42 Å². The molecule has 0 radical (unpaired) electrons. The lowest BCUT2D eigenvalue weighted by Crippen LogP contribution is -2.47. The molecule has 1 aromatic heterocycles. The fraction of sp³-hybridized carbons (Fsp3) is 0.636. The Morgan fingerprint density at radius 3 is 3.07 bits per heavy atom. The molecule has 0 amide bonds. The Morgan fingerprint density at radius 1 is 1.64 bits per heavy atom. The van der Waals surface area contributed by atoms with Gasteiger partial charge >= 0.3 is 0 Å². The van der Waals surface area contributed by atoms with Crippen LogP contribution in [0.4, 0.5) is 0 Å². The van der Waals surface area contributed by atoms with Gasteiger partial charge in [0.25, 0.3) is 0 Å². The van der Waals surface area contributed by atoms with Crippen molar-refractivity contribution in [2.24, 2.45) is 5.92 Å². The van der Waals surface area contributed by atoms with E-state index in [2.05, 4.69) is 47.8 Å². The second-order valence-corrected chi connectivity index (χ2v) is 6.64. The highest BCUT2D eigenvalue weighted by molar-refractivity contribution is 8.00. The summed E-state index contributed by atoms with van der Waals surface area (Å²) in [6, 6.07) is 2.23. The van der Waals surface area contributed by atoms with Gasteiger partial charge in [0, 0.05) is 6.42 Å². The summed E-state index contributed by atoms with van der Waals surface area (Å²) in [5.41, 5.74) is 1.46. The topological polar surface area (TPSA) is 12.0 Å². The van der Waals surface area contributed by atoms with Gasteiger partial charge in [-0.2, -0.15) is 11.3 Å². The lowest BCUT2D eigenvalue weighted by molar-refractivity contribution is 0.431. The van der Waals surface area contributed by atoms with Gasteiger partial charge in [-0.1, -0.05) is 6.92 Å². The minimum atomic E-state index is 0.258. The van der Waals surface area contributed by atoms with Gasteiger partial charge in [0.15, 0.2) is 0 Å². The van der Waals surface area contributed by atoms with E-state index in [-0.39, 0.29) is 4.87 Å². The monoisotopic (exact) mass is 227 g/mol. The van der Waals surface area contributed by atoms with Crippen molar-refractivity contribution in [3.8, 4) is 0 Å². The molecule has 1 nitrogen and oxygen atoms in total. The Morgan fingerprint density at radius 2 is 2.50 bits per heavy atom. The van der Waals surface area contributed by atoms with Crippen LogP contribution in [0.2, 0.25) is 0 Å². The zero-order valence-electron chi connectivity index (χ0n) is 8.75. The normalized spacial score (nSPS) is 33.1. The summed E-state index contributed by atoms with van der Waals surface area (Å²) < 4.78 is 0. The molecule has 1 saturated heterocycles. The Balaban J connectivity index is 1.96. The van der Waals surface area contributed by atoms with E-state index in [1.165, 1.54) is 11.3 Å².